The minimum Gasteiger partial charge on any atom is -0.343 e. The van der Waals surface area contributed by atoms with Crippen molar-refractivity contribution in [1.82, 2.24) is 25.1 Å². The number of imidazole rings is 1. The summed E-state index contributed by atoms with van der Waals surface area (Å²) in [6, 6.07) is 14.6. The van der Waals surface area contributed by atoms with Crippen LogP contribution in [0, 0.1) is 17.0 Å². The number of aromatic amines is 1. The lowest BCUT2D eigenvalue weighted by molar-refractivity contribution is -0.384. The molecule has 0 unspecified atom stereocenters. The summed E-state index contributed by atoms with van der Waals surface area (Å²) in [5.41, 5.74) is 0.974. The minimum absolute atomic E-state index is 0.0635. The smallest absolute Gasteiger partial charge is 0.294 e. The number of nitrogens with one attached hydrogen (secondary N) is 2. The Morgan fingerprint density at radius 2 is 1.93 bits per heavy atom. The molecule has 0 fully saturated rings. The fourth-order valence-corrected chi connectivity index (χ4v) is 3.08. The van der Waals surface area contributed by atoms with E-state index in [4.69, 9.17) is 0 Å². The molecule has 1 amide bonds. The SMILES string of the molecule is Cc1cc(=O)c(C(=O)NCc2nc3ccccc3[nH]2)nn1-c1ccccc1[N+](=O)[O-]. The molecule has 0 saturated heterocycles. The number of nitrogens with zero attached hydrogens (tertiary/aromatic N) is 4. The van der Waals surface area contributed by atoms with Gasteiger partial charge in [0.2, 0.25) is 5.43 Å². The predicted octanol–water partition coefficient (Wildman–Crippen LogP) is 2.26. The van der Waals surface area contributed by atoms with Crippen molar-refractivity contribution in [2.45, 2.75) is 13.5 Å². The van der Waals surface area contributed by atoms with E-state index in [0.717, 1.165) is 11.0 Å². The molecule has 150 valence electrons. The van der Waals surface area contributed by atoms with Crippen LogP contribution in [0.2, 0.25) is 0 Å². The Hall–Kier alpha value is -4.34. The van der Waals surface area contributed by atoms with Gasteiger partial charge in [-0.05, 0) is 25.1 Å². The molecular weight excluding hydrogens is 388 g/mol. The Bertz CT molecular complexity index is 1310. The number of fused-ring (bicyclic) bond motifs is 1. The number of aromatic nitrogens is 4. The maximum Gasteiger partial charge on any atom is 0.294 e. The summed E-state index contributed by atoms with van der Waals surface area (Å²) in [6.45, 7) is 1.65. The molecule has 10 heteroatoms. The topological polar surface area (TPSA) is 136 Å². The van der Waals surface area contributed by atoms with Crippen molar-refractivity contribution in [2.75, 3.05) is 0 Å². The molecule has 2 aromatic heterocycles. The number of amides is 1. The van der Waals surface area contributed by atoms with Crippen molar-refractivity contribution in [3.63, 3.8) is 0 Å². The standard InChI is InChI=1S/C20H16N6O4/c1-12-10-17(27)19(24-25(12)15-8-4-5-9-16(15)26(29)30)20(28)21-11-18-22-13-6-2-3-7-14(13)23-18/h2-10H,11H2,1H3,(H,21,28)(H,22,23). The molecule has 30 heavy (non-hydrogen) atoms. The van der Waals surface area contributed by atoms with E-state index < -0.39 is 16.3 Å². The molecule has 2 heterocycles. The fraction of sp³-hybridized carbons (Fsp3) is 0.100. The van der Waals surface area contributed by atoms with Crippen molar-refractivity contribution >= 4 is 22.6 Å². The van der Waals surface area contributed by atoms with Gasteiger partial charge in [-0.1, -0.05) is 24.3 Å². The van der Waals surface area contributed by atoms with Gasteiger partial charge >= 0.3 is 0 Å². The van der Waals surface area contributed by atoms with Gasteiger partial charge in [-0.3, -0.25) is 19.7 Å². The summed E-state index contributed by atoms with van der Waals surface area (Å²) in [7, 11) is 0. The zero-order valence-corrected chi connectivity index (χ0v) is 15.8. The molecule has 0 atom stereocenters. The van der Waals surface area contributed by atoms with E-state index in [1.165, 1.54) is 28.9 Å². The number of nitro benzene ring substituents is 1. The third-order valence-corrected chi connectivity index (χ3v) is 4.48. The number of para-hydroxylation sites is 4. The van der Waals surface area contributed by atoms with Crippen LogP contribution in [-0.2, 0) is 6.54 Å². The molecule has 10 nitrogen and oxygen atoms in total. The molecule has 0 aliphatic heterocycles. The van der Waals surface area contributed by atoms with Crippen molar-refractivity contribution < 1.29 is 9.72 Å². The van der Waals surface area contributed by atoms with Gasteiger partial charge in [0.1, 0.15) is 11.5 Å². The molecule has 4 rings (SSSR count). The number of aryl methyl sites for hydroxylation is 1. The minimum atomic E-state index is -0.701. The first kappa shape index (κ1) is 19.0. The van der Waals surface area contributed by atoms with Crippen LogP contribution in [-0.4, -0.2) is 30.6 Å². The van der Waals surface area contributed by atoms with Crippen LogP contribution in [0.1, 0.15) is 22.0 Å². The highest BCUT2D eigenvalue weighted by atomic mass is 16.6. The van der Waals surface area contributed by atoms with Gasteiger partial charge in [0.25, 0.3) is 11.6 Å². The second kappa shape index (κ2) is 7.59. The normalized spacial score (nSPS) is 10.8. The zero-order valence-electron chi connectivity index (χ0n) is 15.8. The summed E-state index contributed by atoms with van der Waals surface area (Å²) >= 11 is 0. The largest absolute Gasteiger partial charge is 0.343 e. The number of hydrogen-bond donors (Lipinski definition) is 2. The number of H-pyrrole nitrogens is 1. The van der Waals surface area contributed by atoms with Crippen LogP contribution in [0.15, 0.2) is 59.4 Å². The highest BCUT2D eigenvalue weighted by Crippen LogP contribution is 2.22. The summed E-state index contributed by atoms with van der Waals surface area (Å²) in [6.07, 6.45) is 0. The quantitative estimate of drug-likeness (QED) is 0.387. The van der Waals surface area contributed by atoms with E-state index in [1.807, 2.05) is 24.3 Å². The highest BCUT2D eigenvalue weighted by molar-refractivity contribution is 5.92. The van der Waals surface area contributed by atoms with Crippen molar-refractivity contribution in [2.24, 2.45) is 0 Å². The van der Waals surface area contributed by atoms with Crippen LogP contribution >= 0.6 is 0 Å². The Morgan fingerprint density at radius 1 is 1.20 bits per heavy atom. The number of hydrogen-bond acceptors (Lipinski definition) is 6. The monoisotopic (exact) mass is 404 g/mol. The van der Waals surface area contributed by atoms with E-state index >= 15 is 0 Å². The lowest BCUT2D eigenvalue weighted by Gasteiger charge is -2.11. The van der Waals surface area contributed by atoms with Crippen molar-refractivity contribution in [1.29, 1.82) is 0 Å². The van der Waals surface area contributed by atoms with Crippen LogP contribution < -0.4 is 10.7 Å². The first-order valence-electron chi connectivity index (χ1n) is 9.00. The second-order valence-corrected chi connectivity index (χ2v) is 6.54. The summed E-state index contributed by atoms with van der Waals surface area (Å²) < 4.78 is 1.22. The predicted molar refractivity (Wildman–Crippen MR) is 108 cm³/mol. The number of benzene rings is 2. The Labute approximate surface area is 169 Å². The molecule has 0 bridgehead atoms. The summed E-state index contributed by atoms with van der Waals surface area (Å²) in [4.78, 5) is 43.2. The van der Waals surface area contributed by atoms with Crippen molar-refractivity contribution in [3.05, 3.63) is 92.1 Å². The first-order chi connectivity index (χ1) is 14.4. The third kappa shape index (κ3) is 3.53. The Balaban J connectivity index is 1.64. The molecule has 0 aliphatic carbocycles. The molecule has 2 N–H and O–H groups in total. The van der Waals surface area contributed by atoms with E-state index in [9.17, 15) is 19.7 Å². The van der Waals surface area contributed by atoms with Crippen LogP contribution in [0.25, 0.3) is 16.7 Å². The molecule has 2 aromatic carbocycles. The van der Waals surface area contributed by atoms with Crippen molar-refractivity contribution in [3.8, 4) is 5.69 Å². The van der Waals surface area contributed by atoms with Crippen LogP contribution in [0.3, 0.4) is 0 Å². The maximum absolute atomic E-state index is 12.6. The van der Waals surface area contributed by atoms with E-state index in [1.54, 1.807) is 13.0 Å². The average Bonchev–Trinajstić information content (AvgIpc) is 3.15. The summed E-state index contributed by atoms with van der Waals surface area (Å²) in [5.74, 6) is -0.177. The van der Waals surface area contributed by atoms with Gasteiger partial charge < -0.3 is 10.3 Å². The average molecular weight is 404 g/mol. The highest BCUT2D eigenvalue weighted by Gasteiger charge is 2.20. The Morgan fingerprint density at radius 3 is 2.70 bits per heavy atom. The lowest BCUT2D eigenvalue weighted by atomic mass is 10.2. The molecular formula is C20H16N6O4. The lowest BCUT2D eigenvalue weighted by Crippen LogP contribution is -2.32. The van der Waals surface area contributed by atoms with Gasteiger partial charge in [0.15, 0.2) is 5.69 Å². The van der Waals surface area contributed by atoms with Gasteiger partial charge in [0.05, 0.1) is 22.5 Å². The zero-order chi connectivity index (χ0) is 21.3. The number of rotatable bonds is 5. The fourth-order valence-electron chi connectivity index (χ4n) is 3.08. The summed E-state index contributed by atoms with van der Waals surface area (Å²) in [5, 5.41) is 18.0. The molecule has 0 saturated carbocycles. The maximum atomic E-state index is 12.6. The second-order valence-electron chi connectivity index (χ2n) is 6.54. The van der Waals surface area contributed by atoms with Gasteiger partial charge in [-0.2, -0.15) is 5.10 Å². The molecule has 0 aliphatic rings. The van der Waals surface area contributed by atoms with E-state index in [-0.39, 0.29) is 23.6 Å². The number of nitro groups is 1. The van der Waals surface area contributed by atoms with E-state index in [0.29, 0.717) is 11.5 Å². The first-order valence-corrected chi connectivity index (χ1v) is 9.00. The van der Waals surface area contributed by atoms with Gasteiger partial charge in [0, 0.05) is 17.8 Å². The number of carbonyl (C=O) groups is 1. The third-order valence-electron chi connectivity index (χ3n) is 4.48. The molecule has 0 radical (unpaired) electrons. The van der Waals surface area contributed by atoms with Crippen LogP contribution in [0.5, 0.6) is 0 Å². The van der Waals surface area contributed by atoms with Crippen LogP contribution in [0.4, 0.5) is 5.69 Å². The molecule has 4 aromatic rings. The van der Waals surface area contributed by atoms with E-state index in [2.05, 4.69) is 20.4 Å². The van der Waals surface area contributed by atoms with Gasteiger partial charge in [-0.25, -0.2) is 9.67 Å². The molecule has 0 spiro atoms. The Kier molecular flexibility index (Phi) is 4.80. The van der Waals surface area contributed by atoms with Gasteiger partial charge in [-0.15, -0.1) is 0 Å². The number of carbonyl (C=O) groups excluding carboxylic acids is 1.